The third-order valence-electron chi connectivity index (χ3n) is 3.07. The van der Waals surface area contributed by atoms with Crippen molar-refractivity contribution in [1.29, 1.82) is 0 Å². The maximum atomic E-state index is 13.6. The van der Waals surface area contributed by atoms with Gasteiger partial charge < -0.3 is 5.73 Å². The zero-order valence-corrected chi connectivity index (χ0v) is 13.7. The van der Waals surface area contributed by atoms with Crippen molar-refractivity contribution in [2.24, 2.45) is 0 Å². The predicted molar refractivity (Wildman–Crippen MR) is 85.6 cm³/mol. The Morgan fingerprint density at radius 1 is 1.15 bits per heavy atom. The molecule has 0 aliphatic carbocycles. The number of nitrogens with two attached hydrogens (primary N) is 1. The Morgan fingerprint density at radius 2 is 1.90 bits per heavy atom. The van der Waals surface area contributed by atoms with Crippen molar-refractivity contribution in [3.63, 3.8) is 0 Å². The summed E-state index contributed by atoms with van der Waals surface area (Å²) in [7, 11) is 0. The minimum absolute atomic E-state index is 0.323. The summed E-state index contributed by atoms with van der Waals surface area (Å²) in [5.74, 6) is -0.0331. The molecular formula is C14H10Br2FN3. The molecule has 0 unspecified atom stereocenters. The van der Waals surface area contributed by atoms with Crippen LogP contribution in [-0.4, -0.2) is 9.55 Å². The van der Waals surface area contributed by atoms with Crippen LogP contribution in [0, 0.1) is 12.7 Å². The number of hydrogen-bond acceptors (Lipinski definition) is 2. The van der Waals surface area contributed by atoms with Crippen molar-refractivity contribution < 1.29 is 4.39 Å². The first kappa shape index (κ1) is 13.6. The molecule has 0 bridgehead atoms. The van der Waals surface area contributed by atoms with Crippen LogP contribution in [0.15, 0.2) is 39.3 Å². The molecule has 2 aromatic carbocycles. The fourth-order valence-corrected chi connectivity index (χ4v) is 2.89. The lowest BCUT2D eigenvalue weighted by molar-refractivity contribution is 0.623. The average molecular weight is 399 g/mol. The lowest BCUT2D eigenvalue weighted by Gasteiger charge is -2.10. The van der Waals surface area contributed by atoms with Gasteiger partial charge in [0, 0.05) is 10.5 Å². The van der Waals surface area contributed by atoms with E-state index in [1.165, 1.54) is 6.07 Å². The molecule has 3 rings (SSSR count). The van der Waals surface area contributed by atoms with E-state index >= 15 is 0 Å². The molecule has 20 heavy (non-hydrogen) atoms. The van der Waals surface area contributed by atoms with Crippen molar-refractivity contribution >= 4 is 48.8 Å². The standard InChI is InChI=1S/C14H10Br2FN3/c1-7-2-3-8(15)12(4-7)20-13-5-9(16)10(17)6-11(13)19-14(20)18/h2-6H,1H3,(H2,18,19). The van der Waals surface area contributed by atoms with Gasteiger partial charge in [-0.1, -0.05) is 6.07 Å². The Kier molecular flexibility index (Phi) is 3.30. The maximum Gasteiger partial charge on any atom is 0.205 e. The number of halogens is 3. The van der Waals surface area contributed by atoms with Gasteiger partial charge in [-0.25, -0.2) is 9.37 Å². The number of aromatic nitrogens is 2. The molecule has 0 amide bonds. The van der Waals surface area contributed by atoms with E-state index in [4.69, 9.17) is 5.73 Å². The number of nitrogens with zero attached hydrogens (tertiary/aromatic N) is 2. The van der Waals surface area contributed by atoms with E-state index in [2.05, 4.69) is 36.8 Å². The molecule has 0 saturated heterocycles. The van der Waals surface area contributed by atoms with Crippen molar-refractivity contribution in [2.75, 3.05) is 5.73 Å². The van der Waals surface area contributed by atoms with E-state index in [-0.39, 0.29) is 5.82 Å². The molecule has 6 heteroatoms. The van der Waals surface area contributed by atoms with E-state index in [0.717, 1.165) is 21.2 Å². The SMILES string of the molecule is Cc1ccc(Br)c(-n2c(N)nc3cc(F)c(Br)cc32)c1. The van der Waals surface area contributed by atoms with Crippen LogP contribution in [-0.2, 0) is 0 Å². The second kappa shape index (κ2) is 4.86. The fourth-order valence-electron chi connectivity index (χ4n) is 2.14. The summed E-state index contributed by atoms with van der Waals surface area (Å²) in [6.45, 7) is 2.00. The van der Waals surface area contributed by atoms with Gasteiger partial charge in [-0.05, 0) is 62.5 Å². The lowest BCUT2D eigenvalue weighted by Crippen LogP contribution is -2.01. The molecule has 0 radical (unpaired) electrons. The molecule has 0 spiro atoms. The highest BCUT2D eigenvalue weighted by Crippen LogP contribution is 2.31. The minimum Gasteiger partial charge on any atom is -0.369 e. The van der Waals surface area contributed by atoms with Gasteiger partial charge in [0.15, 0.2) is 0 Å². The van der Waals surface area contributed by atoms with Crippen molar-refractivity contribution in [2.45, 2.75) is 6.92 Å². The van der Waals surface area contributed by atoms with Crippen LogP contribution in [0.25, 0.3) is 16.7 Å². The summed E-state index contributed by atoms with van der Waals surface area (Å²) < 4.78 is 16.7. The number of fused-ring (bicyclic) bond motifs is 1. The number of anilines is 1. The second-order valence-corrected chi connectivity index (χ2v) is 6.22. The van der Waals surface area contributed by atoms with Gasteiger partial charge in [0.05, 0.1) is 21.2 Å². The molecule has 0 saturated carbocycles. The zero-order chi connectivity index (χ0) is 14.4. The molecule has 1 aromatic heterocycles. The van der Waals surface area contributed by atoms with E-state index in [9.17, 15) is 4.39 Å². The maximum absolute atomic E-state index is 13.6. The first-order valence-corrected chi connectivity index (χ1v) is 7.45. The van der Waals surface area contributed by atoms with Crippen molar-refractivity contribution in [1.82, 2.24) is 9.55 Å². The van der Waals surface area contributed by atoms with Gasteiger partial charge in [0.1, 0.15) is 5.82 Å². The Bertz CT molecular complexity index is 827. The smallest absolute Gasteiger partial charge is 0.205 e. The lowest BCUT2D eigenvalue weighted by atomic mass is 10.2. The molecule has 0 aliphatic rings. The van der Waals surface area contributed by atoms with E-state index in [1.807, 2.05) is 25.1 Å². The number of rotatable bonds is 1. The van der Waals surface area contributed by atoms with Crippen LogP contribution < -0.4 is 5.73 Å². The molecule has 2 N–H and O–H groups in total. The molecule has 1 heterocycles. The predicted octanol–water partition coefficient (Wildman–Crippen LogP) is 4.58. The molecule has 3 nitrogen and oxygen atoms in total. The van der Waals surface area contributed by atoms with Gasteiger partial charge in [0.25, 0.3) is 0 Å². The topological polar surface area (TPSA) is 43.8 Å². The molecule has 0 aliphatic heterocycles. The summed E-state index contributed by atoms with van der Waals surface area (Å²) in [6.07, 6.45) is 0. The summed E-state index contributed by atoms with van der Waals surface area (Å²) >= 11 is 6.71. The zero-order valence-electron chi connectivity index (χ0n) is 10.5. The van der Waals surface area contributed by atoms with Crippen LogP contribution in [0.2, 0.25) is 0 Å². The molecule has 0 fully saturated rings. The number of imidazole rings is 1. The summed E-state index contributed by atoms with van der Waals surface area (Å²) in [4.78, 5) is 4.22. The van der Waals surface area contributed by atoms with Gasteiger partial charge in [-0.3, -0.25) is 4.57 Å². The number of hydrogen-bond donors (Lipinski definition) is 1. The first-order valence-electron chi connectivity index (χ1n) is 5.87. The van der Waals surface area contributed by atoms with Gasteiger partial charge in [-0.2, -0.15) is 0 Å². The Balaban J connectivity index is 2.38. The van der Waals surface area contributed by atoms with Crippen LogP contribution >= 0.6 is 31.9 Å². The number of benzene rings is 2. The average Bonchev–Trinajstić information content (AvgIpc) is 2.69. The number of nitrogen functional groups attached to an aromatic ring is 1. The molecular weight excluding hydrogens is 389 g/mol. The van der Waals surface area contributed by atoms with Gasteiger partial charge in [-0.15, -0.1) is 0 Å². The third-order valence-corrected chi connectivity index (χ3v) is 4.34. The Morgan fingerprint density at radius 3 is 2.65 bits per heavy atom. The molecule has 3 aromatic rings. The second-order valence-electron chi connectivity index (χ2n) is 4.52. The molecule has 0 atom stereocenters. The normalized spacial score (nSPS) is 11.2. The Hall–Kier alpha value is -1.40. The van der Waals surface area contributed by atoms with E-state index in [0.29, 0.717) is 15.9 Å². The largest absolute Gasteiger partial charge is 0.369 e. The van der Waals surface area contributed by atoms with Crippen LogP contribution in [0.1, 0.15) is 5.56 Å². The third kappa shape index (κ3) is 2.13. The summed E-state index contributed by atoms with van der Waals surface area (Å²) in [6, 6.07) is 9.00. The van der Waals surface area contributed by atoms with Crippen LogP contribution in [0.3, 0.4) is 0 Å². The first-order chi connectivity index (χ1) is 9.47. The monoisotopic (exact) mass is 397 g/mol. The van der Waals surface area contributed by atoms with Crippen LogP contribution in [0.4, 0.5) is 10.3 Å². The van der Waals surface area contributed by atoms with E-state index < -0.39 is 0 Å². The van der Waals surface area contributed by atoms with Gasteiger partial charge >= 0.3 is 0 Å². The van der Waals surface area contributed by atoms with Crippen molar-refractivity contribution in [3.8, 4) is 5.69 Å². The van der Waals surface area contributed by atoms with E-state index in [1.54, 1.807) is 10.6 Å². The Labute approximate surface area is 131 Å². The number of aryl methyl sites for hydroxylation is 1. The van der Waals surface area contributed by atoms with Crippen LogP contribution in [0.5, 0.6) is 0 Å². The highest BCUT2D eigenvalue weighted by atomic mass is 79.9. The quantitative estimate of drug-likeness (QED) is 0.651. The minimum atomic E-state index is -0.356. The van der Waals surface area contributed by atoms with Gasteiger partial charge in [0.2, 0.25) is 5.95 Å². The molecule has 102 valence electrons. The summed E-state index contributed by atoms with van der Waals surface area (Å²) in [5, 5.41) is 0. The highest BCUT2D eigenvalue weighted by Gasteiger charge is 2.15. The van der Waals surface area contributed by atoms with Crippen molar-refractivity contribution in [3.05, 3.63) is 50.7 Å². The highest BCUT2D eigenvalue weighted by molar-refractivity contribution is 9.10. The fraction of sp³-hybridized carbons (Fsp3) is 0.0714. The summed E-state index contributed by atoms with van der Waals surface area (Å²) in [5.41, 5.74) is 9.25.